The van der Waals surface area contributed by atoms with E-state index in [2.05, 4.69) is 4.99 Å². The summed E-state index contributed by atoms with van der Waals surface area (Å²) in [5.74, 6) is 0.742. The average Bonchev–Trinajstić information content (AvgIpc) is 2.28. The minimum Gasteiger partial charge on any atom is -0.387 e. The van der Waals surface area contributed by atoms with Gasteiger partial charge in [-0.15, -0.1) is 0 Å². The highest BCUT2D eigenvalue weighted by molar-refractivity contribution is 5.85. The van der Waals surface area contributed by atoms with Crippen molar-refractivity contribution < 1.29 is 9.53 Å². The summed E-state index contributed by atoms with van der Waals surface area (Å²) in [6.45, 7) is 9.16. The fraction of sp³-hybridized carbons (Fsp3) is 0.833. The normalized spacial score (nSPS) is 18.3. The molecule has 0 atom stereocenters. The molecule has 1 amide bonds. The largest absolute Gasteiger partial charge is 0.387 e. The molecule has 0 unspecified atom stereocenters. The van der Waals surface area contributed by atoms with E-state index in [0.29, 0.717) is 45.1 Å². The van der Waals surface area contributed by atoms with Crippen molar-refractivity contribution in [3.8, 4) is 0 Å². The van der Waals surface area contributed by atoms with Crippen LogP contribution >= 0.6 is 0 Å². The third-order valence-electron chi connectivity index (χ3n) is 2.74. The Morgan fingerprint density at radius 3 is 2.47 bits per heavy atom. The molecule has 1 aliphatic heterocycles. The van der Waals surface area contributed by atoms with Crippen LogP contribution < -0.4 is 5.73 Å². The molecule has 1 fully saturated rings. The Balaban J connectivity index is 2.33. The summed E-state index contributed by atoms with van der Waals surface area (Å²) in [5, 5.41) is 0. The maximum absolute atomic E-state index is 11.8. The topological polar surface area (TPSA) is 67.9 Å². The second kappa shape index (κ2) is 6.00. The summed E-state index contributed by atoms with van der Waals surface area (Å²) in [6.07, 6.45) is 0.427. The van der Waals surface area contributed by atoms with Gasteiger partial charge in [0.15, 0.2) is 0 Å². The molecule has 0 saturated carbocycles. The Labute approximate surface area is 103 Å². The first-order valence-electron chi connectivity index (χ1n) is 6.07. The minimum absolute atomic E-state index is 0.123. The highest BCUT2D eigenvalue weighted by atomic mass is 16.5. The van der Waals surface area contributed by atoms with Crippen LogP contribution in [0.4, 0.5) is 0 Å². The minimum atomic E-state index is -0.123. The van der Waals surface area contributed by atoms with Crippen molar-refractivity contribution >= 4 is 11.7 Å². The Bertz CT molecular complexity index is 289. The van der Waals surface area contributed by atoms with Crippen LogP contribution in [0.3, 0.4) is 0 Å². The molecule has 98 valence electrons. The molecule has 0 aromatic heterocycles. The number of amides is 1. The smallest absolute Gasteiger partial charge is 0.224 e. The van der Waals surface area contributed by atoms with E-state index in [1.54, 1.807) is 0 Å². The van der Waals surface area contributed by atoms with Crippen molar-refractivity contribution in [1.82, 2.24) is 4.90 Å². The van der Waals surface area contributed by atoms with E-state index in [4.69, 9.17) is 10.5 Å². The second-order valence-electron chi connectivity index (χ2n) is 5.26. The number of ether oxygens (including phenoxy) is 1. The van der Waals surface area contributed by atoms with Gasteiger partial charge in [0, 0.05) is 31.5 Å². The SMILES string of the molecule is CC(C)(C)C(N)=NCCC(=O)N1CCOCC1. The lowest BCUT2D eigenvalue weighted by atomic mass is 9.95. The number of amidine groups is 1. The van der Waals surface area contributed by atoms with Crippen LogP contribution in [0.25, 0.3) is 0 Å². The number of carbonyl (C=O) groups is 1. The Morgan fingerprint density at radius 2 is 1.94 bits per heavy atom. The molecule has 0 aromatic rings. The number of hydrogen-bond donors (Lipinski definition) is 1. The van der Waals surface area contributed by atoms with Crippen molar-refractivity contribution in [3.05, 3.63) is 0 Å². The number of hydrogen-bond acceptors (Lipinski definition) is 3. The molecule has 5 heteroatoms. The molecular formula is C12H23N3O2. The summed E-state index contributed by atoms with van der Waals surface area (Å²) in [4.78, 5) is 17.9. The standard InChI is InChI=1S/C12H23N3O2/c1-12(2,3)11(13)14-5-4-10(16)15-6-8-17-9-7-15/h4-9H2,1-3H3,(H2,13,14). The number of nitrogens with two attached hydrogens (primary N) is 1. The van der Waals surface area contributed by atoms with Gasteiger partial charge >= 0.3 is 0 Å². The number of nitrogens with zero attached hydrogens (tertiary/aromatic N) is 2. The molecule has 2 N–H and O–H groups in total. The van der Waals surface area contributed by atoms with Crippen LogP contribution in [-0.2, 0) is 9.53 Å². The Morgan fingerprint density at radius 1 is 1.35 bits per heavy atom. The van der Waals surface area contributed by atoms with E-state index in [1.807, 2.05) is 25.7 Å². The lowest BCUT2D eigenvalue weighted by molar-refractivity contribution is -0.135. The van der Waals surface area contributed by atoms with E-state index >= 15 is 0 Å². The fourth-order valence-electron chi connectivity index (χ4n) is 1.48. The molecule has 1 rings (SSSR count). The zero-order valence-electron chi connectivity index (χ0n) is 11.0. The van der Waals surface area contributed by atoms with E-state index in [-0.39, 0.29) is 11.3 Å². The van der Waals surface area contributed by atoms with Crippen molar-refractivity contribution in [3.63, 3.8) is 0 Å². The lowest BCUT2D eigenvalue weighted by Gasteiger charge is -2.26. The number of carbonyl (C=O) groups excluding carboxylic acids is 1. The fourth-order valence-corrected chi connectivity index (χ4v) is 1.48. The zero-order valence-corrected chi connectivity index (χ0v) is 11.0. The summed E-state index contributed by atoms with van der Waals surface area (Å²) < 4.78 is 5.20. The van der Waals surface area contributed by atoms with Gasteiger partial charge < -0.3 is 15.4 Å². The van der Waals surface area contributed by atoms with Gasteiger partial charge in [-0.25, -0.2) is 0 Å². The maximum atomic E-state index is 11.8. The molecular weight excluding hydrogens is 218 g/mol. The summed E-state index contributed by atoms with van der Waals surface area (Å²) in [6, 6.07) is 0. The third kappa shape index (κ3) is 4.73. The third-order valence-corrected chi connectivity index (χ3v) is 2.74. The quantitative estimate of drug-likeness (QED) is 0.582. The van der Waals surface area contributed by atoms with Gasteiger partial charge in [0.25, 0.3) is 0 Å². The van der Waals surface area contributed by atoms with Crippen molar-refractivity contribution in [2.75, 3.05) is 32.8 Å². The summed E-state index contributed by atoms with van der Waals surface area (Å²) >= 11 is 0. The van der Waals surface area contributed by atoms with Gasteiger partial charge in [0.2, 0.25) is 5.91 Å². The molecule has 17 heavy (non-hydrogen) atoms. The molecule has 5 nitrogen and oxygen atoms in total. The Kier molecular flexibility index (Phi) is 4.93. The number of aliphatic imine (C=N–C) groups is 1. The molecule has 0 aliphatic carbocycles. The van der Waals surface area contributed by atoms with E-state index in [1.165, 1.54) is 0 Å². The first kappa shape index (κ1) is 14.0. The predicted molar refractivity (Wildman–Crippen MR) is 68.0 cm³/mol. The molecule has 0 bridgehead atoms. The molecule has 1 heterocycles. The van der Waals surface area contributed by atoms with Crippen LogP contribution in [0.5, 0.6) is 0 Å². The average molecular weight is 241 g/mol. The Hall–Kier alpha value is -1.10. The summed E-state index contributed by atoms with van der Waals surface area (Å²) in [7, 11) is 0. The lowest BCUT2D eigenvalue weighted by Crippen LogP contribution is -2.41. The molecule has 0 spiro atoms. The van der Waals surface area contributed by atoms with Crippen LogP contribution in [0.2, 0.25) is 0 Å². The molecule has 1 saturated heterocycles. The highest BCUT2D eigenvalue weighted by Crippen LogP contribution is 2.12. The van der Waals surface area contributed by atoms with Crippen LogP contribution in [-0.4, -0.2) is 49.5 Å². The van der Waals surface area contributed by atoms with Gasteiger partial charge in [-0.1, -0.05) is 20.8 Å². The van der Waals surface area contributed by atoms with Crippen molar-refractivity contribution in [2.45, 2.75) is 27.2 Å². The monoisotopic (exact) mass is 241 g/mol. The van der Waals surface area contributed by atoms with Crippen LogP contribution in [0.1, 0.15) is 27.2 Å². The van der Waals surface area contributed by atoms with Gasteiger partial charge in [-0.2, -0.15) is 0 Å². The van der Waals surface area contributed by atoms with E-state index < -0.39 is 0 Å². The predicted octanol–water partition coefficient (Wildman–Crippen LogP) is 0.639. The van der Waals surface area contributed by atoms with Gasteiger partial charge in [0.1, 0.15) is 0 Å². The van der Waals surface area contributed by atoms with Crippen molar-refractivity contribution in [2.24, 2.45) is 16.1 Å². The van der Waals surface area contributed by atoms with Gasteiger partial charge in [0.05, 0.1) is 19.0 Å². The maximum Gasteiger partial charge on any atom is 0.224 e. The first-order valence-corrected chi connectivity index (χ1v) is 6.07. The van der Waals surface area contributed by atoms with Gasteiger partial charge in [-0.05, 0) is 0 Å². The number of morpholine rings is 1. The highest BCUT2D eigenvalue weighted by Gasteiger charge is 2.17. The van der Waals surface area contributed by atoms with E-state index in [0.717, 1.165) is 0 Å². The van der Waals surface area contributed by atoms with Gasteiger partial charge in [-0.3, -0.25) is 9.79 Å². The summed E-state index contributed by atoms with van der Waals surface area (Å²) in [5.41, 5.74) is 5.70. The first-order chi connectivity index (χ1) is 7.91. The zero-order chi connectivity index (χ0) is 12.9. The van der Waals surface area contributed by atoms with Crippen LogP contribution in [0.15, 0.2) is 4.99 Å². The van der Waals surface area contributed by atoms with Crippen LogP contribution in [0, 0.1) is 5.41 Å². The van der Waals surface area contributed by atoms with Crippen molar-refractivity contribution in [1.29, 1.82) is 0 Å². The molecule has 0 aromatic carbocycles. The molecule has 1 aliphatic rings. The number of rotatable bonds is 3. The van der Waals surface area contributed by atoms with E-state index in [9.17, 15) is 4.79 Å². The second-order valence-corrected chi connectivity index (χ2v) is 5.26. The molecule has 0 radical (unpaired) electrons.